The predicted molar refractivity (Wildman–Crippen MR) is 127 cm³/mol. The number of benzene rings is 2. The van der Waals surface area contributed by atoms with E-state index in [9.17, 15) is 9.59 Å². The highest BCUT2D eigenvalue weighted by atomic mass is 35.5. The van der Waals surface area contributed by atoms with Gasteiger partial charge in [0.1, 0.15) is 11.2 Å². The first-order valence-electron chi connectivity index (χ1n) is 10.9. The number of hydrogen-bond acceptors (Lipinski definition) is 5. The molecule has 0 bridgehead atoms. The number of hydrogen-bond donors (Lipinski definition) is 1. The number of rotatable bonds is 4. The average molecular weight is 461 g/mol. The van der Waals surface area contributed by atoms with Gasteiger partial charge in [-0.3, -0.25) is 9.59 Å². The first-order chi connectivity index (χ1) is 15.9. The van der Waals surface area contributed by atoms with Crippen molar-refractivity contribution in [2.24, 2.45) is 0 Å². The summed E-state index contributed by atoms with van der Waals surface area (Å²) >= 11 is 5.41. The van der Waals surface area contributed by atoms with Gasteiger partial charge in [0.05, 0.1) is 16.7 Å². The van der Waals surface area contributed by atoms with E-state index in [0.29, 0.717) is 41.5 Å². The number of amides is 1. The molecule has 3 heterocycles. The van der Waals surface area contributed by atoms with Crippen LogP contribution in [0.2, 0.25) is 0 Å². The van der Waals surface area contributed by atoms with E-state index in [4.69, 9.17) is 21.8 Å². The molecule has 8 heteroatoms. The van der Waals surface area contributed by atoms with Crippen molar-refractivity contribution < 1.29 is 14.0 Å². The Hall–Kier alpha value is -3.58. The molecule has 1 saturated carbocycles. The molecular formula is C25H21ClN4O3. The van der Waals surface area contributed by atoms with E-state index in [0.717, 1.165) is 35.7 Å². The Morgan fingerprint density at radius 1 is 1.24 bits per heavy atom. The quantitative estimate of drug-likeness (QED) is 0.271. The molecule has 2 aromatic heterocycles. The summed E-state index contributed by atoms with van der Waals surface area (Å²) in [6.45, 7) is 0.962. The maximum atomic E-state index is 13.3. The minimum absolute atomic E-state index is 0.0495. The molecule has 0 saturated heterocycles. The van der Waals surface area contributed by atoms with Gasteiger partial charge in [-0.15, -0.1) is 0 Å². The molecule has 0 unspecified atom stereocenters. The third-order valence-electron chi connectivity index (χ3n) is 6.83. The third-order valence-corrected chi connectivity index (χ3v) is 6.95. The molecule has 0 radical (unpaired) electrons. The summed E-state index contributed by atoms with van der Waals surface area (Å²) in [4.78, 5) is 30.8. The van der Waals surface area contributed by atoms with Crippen LogP contribution in [0.1, 0.15) is 29.8 Å². The van der Waals surface area contributed by atoms with Gasteiger partial charge in [-0.1, -0.05) is 18.2 Å². The van der Waals surface area contributed by atoms with Crippen molar-refractivity contribution in [1.29, 1.82) is 0 Å². The molecule has 166 valence electrons. The number of nitrogen functional groups attached to an aromatic ring is 1. The van der Waals surface area contributed by atoms with Crippen LogP contribution in [0.4, 0.5) is 5.69 Å². The molecule has 33 heavy (non-hydrogen) atoms. The highest BCUT2D eigenvalue weighted by molar-refractivity contribution is 6.66. The molecule has 1 spiro atoms. The number of nitrogens with zero attached hydrogens (tertiary/aromatic N) is 3. The summed E-state index contributed by atoms with van der Waals surface area (Å²) in [7, 11) is 0. The van der Waals surface area contributed by atoms with Crippen molar-refractivity contribution in [2.45, 2.75) is 24.8 Å². The van der Waals surface area contributed by atoms with Gasteiger partial charge in [-0.2, -0.15) is 0 Å². The lowest BCUT2D eigenvalue weighted by Crippen LogP contribution is -2.56. The number of fused-ring (bicyclic) bond motifs is 5. The van der Waals surface area contributed by atoms with E-state index in [-0.39, 0.29) is 11.4 Å². The topological polar surface area (TPSA) is 94.4 Å². The number of allylic oxidation sites excluding steroid dienone is 1. The standard InChI is InChI=1S/C25H21ClN4O3/c26-21(31)6-2-11-29-14-25(9-3-10-25)30-18-13-16(8-7-15(18)12-19(30)24(29)32)23-28-22-17(27)4-1-5-20(22)33-23/h1-2,4-8,12-13H,3,9-11,14,27H2/b6-2+. The maximum Gasteiger partial charge on any atom is 0.270 e. The zero-order chi connectivity index (χ0) is 22.7. The molecule has 7 nitrogen and oxygen atoms in total. The minimum Gasteiger partial charge on any atom is -0.436 e. The van der Waals surface area contributed by atoms with E-state index in [1.807, 2.05) is 30.3 Å². The summed E-state index contributed by atoms with van der Waals surface area (Å²) in [5.41, 5.74) is 10.3. The SMILES string of the molecule is Nc1cccc2oc(-c3ccc4cc5n(c4c3)C3(CCC3)CN(C/C=C/C(=O)Cl)C5=O)nc12. The van der Waals surface area contributed by atoms with Crippen LogP contribution in [0.5, 0.6) is 0 Å². The van der Waals surface area contributed by atoms with Crippen molar-refractivity contribution in [1.82, 2.24) is 14.5 Å². The zero-order valence-electron chi connectivity index (χ0n) is 17.8. The maximum absolute atomic E-state index is 13.3. The largest absolute Gasteiger partial charge is 0.436 e. The molecule has 1 fully saturated rings. The van der Waals surface area contributed by atoms with Crippen molar-refractivity contribution in [2.75, 3.05) is 18.8 Å². The van der Waals surface area contributed by atoms with Gasteiger partial charge >= 0.3 is 0 Å². The third kappa shape index (κ3) is 3.07. The molecular weight excluding hydrogens is 440 g/mol. The van der Waals surface area contributed by atoms with E-state index in [2.05, 4.69) is 15.6 Å². The summed E-state index contributed by atoms with van der Waals surface area (Å²) in [6, 6.07) is 13.5. The average Bonchev–Trinajstić information content (AvgIpc) is 3.37. The fourth-order valence-electron chi connectivity index (χ4n) is 5.14. The van der Waals surface area contributed by atoms with Crippen LogP contribution >= 0.6 is 11.6 Å². The fourth-order valence-corrected chi connectivity index (χ4v) is 5.23. The first-order valence-corrected chi connectivity index (χ1v) is 11.3. The summed E-state index contributed by atoms with van der Waals surface area (Å²) in [5, 5.41) is 0.456. The second kappa shape index (κ2) is 7.22. The smallest absolute Gasteiger partial charge is 0.270 e. The molecule has 1 amide bonds. The second-order valence-electron chi connectivity index (χ2n) is 8.82. The minimum atomic E-state index is -0.541. The molecule has 4 aromatic rings. The van der Waals surface area contributed by atoms with E-state index in [1.54, 1.807) is 17.0 Å². The van der Waals surface area contributed by atoms with Gasteiger partial charge < -0.3 is 19.6 Å². The predicted octanol–water partition coefficient (Wildman–Crippen LogP) is 4.69. The monoisotopic (exact) mass is 460 g/mol. The van der Waals surface area contributed by atoms with Crippen molar-refractivity contribution in [3.63, 3.8) is 0 Å². The van der Waals surface area contributed by atoms with Crippen LogP contribution in [0.3, 0.4) is 0 Å². The summed E-state index contributed by atoms with van der Waals surface area (Å²) in [5.74, 6) is 0.453. The molecule has 2 aliphatic rings. The van der Waals surface area contributed by atoms with Gasteiger partial charge in [-0.05, 0) is 67.3 Å². The first kappa shape index (κ1) is 20.1. The number of para-hydroxylation sites is 1. The van der Waals surface area contributed by atoms with Crippen molar-refractivity contribution in [3.8, 4) is 11.5 Å². The Kier molecular flexibility index (Phi) is 4.39. The van der Waals surface area contributed by atoms with Crippen LogP contribution < -0.4 is 5.73 Å². The lowest BCUT2D eigenvalue weighted by molar-refractivity contribution is -0.107. The Bertz CT molecular complexity index is 1480. The van der Waals surface area contributed by atoms with E-state index < -0.39 is 5.24 Å². The Labute approximate surface area is 194 Å². The summed E-state index contributed by atoms with van der Waals surface area (Å²) in [6.07, 6.45) is 6.05. The Morgan fingerprint density at radius 2 is 2.09 bits per heavy atom. The molecule has 2 aromatic carbocycles. The summed E-state index contributed by atoms with van der Waals surface area (Å²) < 4.78 is 8.19. The molecule has 2 N–H and O–H groups in total. The van der Waals surface area contributed by atoms with Gasteiger partial charge in [-0.25, -0.2) is 4.98 Å². The zero-order valence-corrected chi connectivity index (χ0v) is 18.5. The number of nitrogens with two attached hydrogens (primary N) is 1. The van der Waals surface area contributed by atoms with Crippen LogP contribution in [0.15, 0.2) is 59.0 Å². The van der Waals surface area contributed by atoms with Crippen LogP contribution in [-0.4, -0.2) is 38.7 Å². The van der Waals surface area contributed by atoms with E-state index in [1.165, 1.54) is 6.08 Å². The number of oxazole rings is 1. The Morgan fingerprint density at radius 3 is 2.82 bits per heavy atom. The van der Waals surface area contributed by atoms with Crippen LogP contribution in [0, 0.1) is 0 Å². The second-order valence-corrected chi connectivity index (χ2v) is 9.19. The van der Waals surface area contributed by atoms with Crippen molar-refractivity contribution in [3.05, 3.63) is 60.3 Å². The number of anilines is 1. The number of carbonyl (C=O) groups is 2. The molecule has 1 aliphatic heterocycles. The highest BCUT2D eigenvalue weighted by Gasteiger charge is 2.47. The molecule has 1 aliphatic carbocycles. The number of carbonyl (C=O) groups excluding carboxylic acids is 2. The van der Waals surface area contributed by atoms with Gasteiger partial charge in [0.25, 0.3) is 5.91 Å². The van der Waals surface area contributed by atoms with Crippen molar-refractivity contribution >= 4 is 50.4 Å². The fraction of sp³-hybridized carbons (Fsp3) is 0.240. The van der Waals surface area contributed by atoms with Gasteiger partial charge in [0, 0.05) is 24.0 Å². The number of halogens is 1. The highest BCUT2D eigenvalue weighted by Crippen LogP contribution is 2.46. The van der Waals surface area contributed by atoms with E-state index >= 15 is 0 Å². The Balaban J connectivity index is 1.46. The lowest BCUT2D eigenvalue weighted by atomic mass is 9.74. The normalized spacial score (nSPS) is 17.2. The van der Waals surface area contributed by atoms with Crippen LogP contribution in [0.25, 0.3) is 33.5 Å². The lowest BCUT2D eigenvalue weighted by Gasteiger charge is -2.50. The number of aromatic nitrogens is 2. The van der Waals surface area contributed by atoms with Crippen LogP contribution in [-0.2, 0) is 10.3 Å². The van der Waals surface area contributed by atoms with Gasteiger partial charge in [0.15, 0.2) is 5.58 Å². The van der Waals surface area contributed by atoms with Gasteiger partial charge in [0.2, 0.25) is 11.1 Å². The molecule has 0 atom stereocenters. The molecule has 6 rings (SSSR count).